The first-order chi connectivity index (χ1) is 12.0. The van der Waals surface area contributed by atoms with E-state index in [9.17, 15) is 4.79 Å². The summed E-state index contributed by atoms with van der Waals surface area (Å²) in [7, 11) is 4.13. The molecule has 0 atom stereocenters. The van der Waals surface area contributed by atoms with Crippen molar-refractivity contribution in [3.63, 3.8) is 0 Å². The van der Waals surface area contributed by atoms with Crippen molar-refractivity contribution in [2.24, 2.45) is 23.2 Å². The van der Waals surface area contributed by atoms with E-state index in [1.165, 1.54) is 30.5 Å². The molecule has 5 rings (SSSR count). The van der Waals surface area contributed by atoms with Crippen molar-refractivity contribution >= 4 is 11.6 Å². The average molecular weight is 341 g/mol. The molecule has 1 N–H and O–H groups in total. The van der Waals surface area contributed by atoms with Crippen molar-refractivity contribution < 1.29 is 4.79 Å². The molecule has 4 bridgehead atoms. The van der Waals surface area contributed by atoms with Crippen molar-refractivity contribution in [1.82, 2.24) is 5.32 Å². The van der Waals surface area contributed by atoms with Gasteiger partial charge in [0.25, 0.3) is 0 Å². The molecule has 4 saturated carbocycles. The molecule has 0 heterocycles. The van der Waals surface area contributed by atoms with Crippen molar-refractivity contribution in [3.05, 3.63) is 29.8 Å². The maximum absolute atomic E-state index is 12.9. The molecule has 3 heteroatoms. The van der Waals surface area contributed by atoms with Gasteiger partial charge in [-0.3, -0.25) is 4.79 Å². The van der Waals surface area contributed by atoms with Gasteiger partial charge in [0.15, 0.2) is 0 Å². The zero-order valence-corrected chi connectivity index (χ0v) is 15.8. The molecule has 0 aromatic heterocycles. The van der Waals surface area contributed by atoms with Gasteiger partial charge in [-0.2, -0.15) is 0 Å². The third kappa shape index (κ3) is 3.43. The SMILES string of the molecule is CN(C)c1ccc(CCCNC(=O)C23CC4CC(CC(C4)C2)C3)cc1. The fraction of sp³-hybridized carbons (Fsp3) is 0.682. The second-order valence-corrected chi connectivity index (χ2v) is 9.12. The first-order valence-electron chi connectivity index (χ1n) is 10.1. The van der Waals surface area contributed by atoms with Crippen LogP contribution in [0.25, 0.3) is 0 Å². The maximum atomic E-state index is 12.9. The zero-order chi connectivity index (χ0) is 17.4. The lowest BCUT2D eigenvalue weighted by molar-refractivity contribution is -0.146. The van der Waals surface area contributed by atoms with Crippen LogP contribution in [0.3, 0.4) is 0 Å². The lowest BCUT2D eigenvalue weighted by atomic mass is 9.49. The first kappa shape index (κ1) is 16.9. The summed E-state index contributed by atoms with van der Waals surface area (Å²) in [5.41, 5.74) is 2.59. The van der Waals surface area contributed by atoms with Crippen LogP contribution in [0.5, 0.6) is 0 Å². The van der Waals surface area contributed by atoms with E-state index < -0.39 is 0 Å². The van der Waals surface area contributed by atoms with Gasteiger partial charge in [-0.15, -0.1) is 0 Å². The maximum Gasteiger partial charge on any atom is 0.226 e. The number of carbonyl (C=O) groups is 1. The molecule has 4 aliphatic rings. The fourth-order valence-electron chi connectivity index (χ4n) is 6.03. The number of hydrogen-bond donors (Lipinski definition) is 1. The number of carbonyl (C=O) groups excluding carboxylic acids is 1. The Morgan fingerprint density at radius 3 is 2.12 bits per heavy atom. The molecular weight excluding hydrogens is 308 g/mol. The molecule has 25 heavy (non-hydrogen) atoms. The minimum absolute atomic E-state index is 0.00209. The summed E-state index contributed by atoms with van der Waals surface area (Å²) in [5.74, 6) is 2.89. The molecule has 0 unspecified atom stereocenters. The highest BCUT2D eigenvalue weighted by molar-refractivity contribution is 5.83. The summed E-state index contributed by atoms with van der Waals surface area (Å²) in [5, 5.41) is 3.29. The molecule has 0 saturated heterocycles. The Labute approximate surface area is 152 Å². The second-order valence-electron chi connectivity index (χ2n) is 9.12. The molecule has 4 aliphatic carbocycles. The van der Waals surface area contributed by atoms with Gasteiger partial charge in [-0.25, -0.2) is 0 Å². The standard InChI is InChI=1S/C22H32N2O/c1-24(2)20-7-5-16(6-8-20)4-3-9-23-21(25)22-13-17-10-18(14-22)12-19(11-17)15-22/h5-8,17-19H,3-4,9-15H2,1-2H3,(H,23,25). The topological polar surface area (TPSA) is 32.3 Å². The number of benzene rings is 1. The van der Waals surface area contributed by atoms with E-state index in [1.54, 1.807) is 0 Å². The van der Waals surface area contributed by atoms with Gasteiger partial charge >= 0.3 is 0 Å². The quantitative estimate of drug-likeness (QED) is 0.793. The minimum atomic E-state index is 0.00209. The predicted molar refractivity (Wildman–Crippen MR) is 103 cm³/mol. The van der Waals surface area contributed by atoms with Crippen LogP contribution in [0.4, 0.5) is 5.69 Å². The predicted octanol–water partition coefficient (Wildman–Crippen LogP) is 4.02. The summed E-state index contributed by atoms with van der Waals surface area (Å²) in [4.78, 5) is 15.0. The Morgan fingerprint density at radius 1 is 1.04 bits per heavy atom. The van der Waals surface area contributed by atoms with Crippen LogP contribution in [-0.4, -0.2) is 26.5 Å². The molecule has 1 aromatic rings. The Kier molecular flexibility index (Phi) is 4.51. The lowest BCUT2D eigenvalue weighted by Crippen LogP contribution is -2.53. The Morgan fingerprint density at radius 2 is 1.60 bits per heavy atom. The van der Waals surface area contributed by atoms with Gasteiger partial charge in [-0.05, 0) is 86.8 Å². The van der Waals surface area contributed by atoms with Crippen molar-refractivity contribution in [2.45, 2.75) is 51.4 Å². The molecule has 0 radical (unpaired) electrons. The summed E-state index contributed by atoms with van der Waals surface area (Å²) in [6, 6.07) is 8.75. The number of nitrogens with zero attached hydrogens (tertiary/aromatic N) is 1. The number of anilines is 1. The van der Waals surface area contributed by atoms with Crippen molar-refractivity contribution in [3.8, 4) is 0 Å². The van der Waals surface area contributed by atoms with E-state index >= 15 is 0 Å². The Hall–Kier alpha value is -1.51. The van der Waals surface area contributed by atoms with Crippen molar-refractivity contribution in [2.75, 3.05) is 25.5 Å². The molecular formula is C22H32N2O. The van der Waals surface area contributed by atoms with Crippen molar-refractivity contribution in [1.29, 1.82) is 0 Å². The average Bonchev–Trinajstić information content (AvgIpc) is 2.57. The van der Waals surface area contributed by atoms with Gasteiger partial charge in [0.2, 0.25) is 5.91 Å². The van der Waals surface area contributed by atoms with E-state index in [2.05, 4.69) is 48.6 Å². The fourth-order valence-corrected chi connectivity index (χ4v) is 6.03. The van der Waals surface area contributed by atoms with Gasteiger partial charge in [0.05, 0.1) is 0 Å². The van der Waals surface area contributed by atoms with Gasteiger partial charge in [-0.1, -0.05) is 12.1 Å². The van der Waals surface area contributed by atoms with Crippen LogP contribution in [0.15, 0.2) is 24.3 Å². The van der Waals surface area contributed by atoms with Crippen LogP contribution in [0, 0.1) is 23.2 Å². The van der Waals surface area contributed by atoms with E-state index in [4.69, 9.17) is 0 Å². The molecule has 4 fully saturated rings. The Bertz CT molecular complexity index is 584. The van der Waals surface area contributed by atoms with Gasteiger partial charge in [0, 0.05) is 31.7 Å². The number of nitrogens with one attached hydrogen (secondary N) is 1. The van der Waals surface area contributed by atoms with E-state index in [1.807, 2.05) is 0 Å². The molecule has 1 amide bonds. The highest BCUT2D eigenvalue weighted by Crippen LogP contribution is 2.60. The molecule has 3 nitrogen and oxygen atoms in total. The van der Waals surface area contributed by atoms with E-state index in [0.29, 0.717) is 5.91 Å². The lowest BCUT2D eigenvalue weighted by Gasteiger charge is -2.55. The number of rotatable bonds is 6. The number of amides is 1. The van der Waals surface area contributed by atoms with Crippen LogP contribution >= 0.6 is 0 Å². The van der Waals surface area contributed by atoms with Crippen LogP contribution in [-0.2, 0) is 11.2 Å². The normalized spacial score (nSPS) is 32.6. The highest BCUT2D eigenvalue weighted by Gasteiger charge is 2.54. The highest BCUT2D eigenvalue weighted by atomic mass is 16.2. The molecule has 0 spiro atoms. The number of hydrogen-bond acceptors (Lipinski definition) is 2. The summed E-state index contributed by atoms with van der Waals surface area (Å²) in [6.45, 7) is 0.815. The van der Waals surface area contributed by atoms with Crippen LogP contribution in [0.2, 0.25) is 0 Å². The molecule has 136 valence electrons. The van der Waals surface area contributed by atoms with E-state index in [0.717, 1.165) is 56.4 Å². The summed E-state index contributed by atoms with van der Waals surface area (Å²) < 4.78 is 0. The zero-order valence-electron chi connectivity index (χ0n) is 15.8. The monoisotopic (exact) mass is 340 g/mol. The Balaban J connectivity index is 1.25. The van der Waals surface area contributed by atoms with Crippen LogP contribution < -0.4 is 10.2 Å². The smallest absolute Gasteiger partial charge is 0.226 e. The number of aryl methyl sites for hydroxylation is 1. The first-order valence-corrected chi connectivity index (χ1v) is 10.1. The summed E-state index contributed by atoms with van der Waals surface area (Å²) >= 11 is 0. The molecule has 0 aliphatic heterocycles. The van der Waals surface area contributed by atoms with Gasteiger partial charge < -0.3 is 10.2 Å². The van der Waals surface area contributed by atoms with E-state index in [-0.39, 0.29) is 5.41 Å². The minimum Gasteiger partial charge on any atom is -0.378 e. The van der Waals surface area contributed by atoms with Gasteiger partial charge in [0.1, 0.15) is 0 Å². The third-order valence-corrected chi connectivity index (χ3v) is 6.90. The van der Waals surface area contributed by atoms with Crippen LogP contribution in [0.1, 0.15) is 50.5 Å². The second kappa shape index (κ2) is 6.66. The molecule has 1 aromatic carbocycles. The largest absolute Gasteiger partial charge is 0.378 e. The third-order valence-electron chi connectivity index (χ3n) is 6.90. The summed E-state index contributed by atoms with van der Waals surface area (Å²) in [6.07, 6.45) is 9.75.